The number of hydrogen-bond acceptors (Lipinski definition) is 5. The lowest BCUT2D eigenvalue weighted by atomic mass is 10.2. The molecule has 0 bridgehead atoms. The number of hydrogen-bond donors (Lipinski definition) is 1. The minimum atomic E-state index is -0.114. The second-order valence-corrected chi connectivity index (χ2v) is 4.85. The van der Waals surface area contributed by atoms with Gasteiger partial charge in [0.25, 0.3) is 5.91 Å². The zero-order valence-corrected chi connectivity index (χ0v) is 11.0. The quantitative estimate of drug-likeness (QED) is 0.910. The molecule has 1 aliphatic heterocycles. The molecule has 0 aliphatic carbocycles. The first-order valence-electron chi connectivity index (χ1n) is 6.67. The maximum Gasteiger partial charge on any atom is 0.276 e. The van der Waals surface area contributed by atoms with Crippen LogP contribution in [0.25, 0.3) is 11.3 Å². The Labute approximate surface area is 116 Å². The minimum absolute atomic E-state index is 0.112. The molecule has 1 amide bonds. The van der Waals surface area contributed by atoms with Crippen molar-refractivity contribution in [1.29, 1.82) is 0 Å². The molecule has 1 atom stereocenters. The van der Waals surface area contributed by atoms with E-state index < -0.39 is 0 Å². The minimum Gasteiger partial charge on any atom is -0.355 e. The standard InChI is InChI=1S/C14H16N4O2/c15-8-11-4-2-6-18(11)14(19)12-7-13(20-17-12)10-3-1-5-16-9-10/h1,3,5,7,9,11H,2,4,6,8,15H2. The maximum atomic E-state index is 12.4. The molecule has 1 saturated heterocycles. The molecular formula is C14H16N4O2. The number of carbonyl (C=O) groups excluding carboxylic acids is 1. The number of likely N-dealkylation sites (tertiary alicyclic amines) is 1. The van der Waals surface area contributed by atoms with Gasteiger partial charge in [-0.3, -0.25) is 9.78 Å². The molecular weight excluding hydrogens is 256 g/mol. The highest BCUT2D eigenvalue weighted by atomic mass is 16.5. The predicted molar refractivity (Wildman–Crippen MR) is 72.8 cm³/mol. The van der Waals surface area contributed by atoms with E-state index in [1.807, 2.05) is 12.1 Å². The van der Waals surface area contributed by atoms with Crippen molar-refractivity contribution in [2.75, 3.05) is 13.1 Å². The summed E-state index contributed by atoms with van der Waals surface area (Å²) in [5.41, 5.74) is 6.82. The second-order valence-electron chi connectivity index (χ2n) is 4.85. The van der Waals surface area contributed by atoms with Crippen LogP contribution in [0, 0.1) is 0 Å². The Morgan fingerprint density at radius 3 is 3.20 bits per heavy atom. The number of carbonyl (C=O) groups is 1. The van der Waals surface area contributed by atoms with Crippen molar-refractivity contribution in [1.82, 2.24) is 15.0 Å². The summed E-state index contributed by atoms with van der Waals surface area (Å²) in [6.07, 6.45) is 5.30. The molecule has 1 aliphatic rings. The van der Waals surface area contributed by atoms with Gasteiger partial charge in [0.1, 0.15) is 0 Å². The zero-order valence-electron chi connectivity index (χ0n) is 11.0. The highest BCUT2D eigenvalue weighted by Gasteiger charge is 2.30. The van der Waals surface area contributed by atoms with E-state index in [1.54, 1.807) is 23.4 Å². The summed E-state index contributed by atoms with van der Waals surface area (Å²) in [6.45, 7) is 1.22. The summed E-state index contributed by atoms with van der Waals surface area (Å²) in [7, 11) is 0. The van der Waals surface area contributed by atoms with Crippen LogP contribution in [-0.4, -0.2) is 40.1 Å². The van der Waals surface area contributed by atoms with Crippen LogP contribution in [0.4, 0.5) is 0 Å². The number of rotatable bonds is 3. The summed E-state index contributed by atoms with van der Waals surface area (Å²) in [5, 5.41) is 3.87. The van der Waals surface area contributed by atoms with Crippen LogP contribution in [0.3, 0.4) is 0 Å². The Balaban J connectivity index is 1.82. The van der Waals surface area contributed by atoms with Gasteiger partial charge < -0.3 is 15.2 Å². The van der Waals surface area contributed by atoms with Gasteiger partial charge >= 0.3 is 0 Å². The van der Waals surface area contributed by atoms with E-state index in [2.05, 4.69) is 10.1 Å². The molecule has 6 heteroatoms. The van der Waals surface area contributed by atoms with Gasteiger partial charge in [0.05, 0.1) is 0 Å². The first-order chi connectivity index (χ1) is 9.79. The number of nitrogens with zero attached hydrogens (tertiary/aromatic N) is 3. The lowest BCUT2D eigenvalue weighted by molar-refractivity contribution is 0.0731. The van der Waals surface area contributed by atoms with Crippen LogP contribution < -0.4 is 5.73 Å². The van der Waals surface area contributed by atoms with E-state index in [0.717, 1.165) is 24.9 Å². The van der Waals surface area contributed by atoms with Crippen molar-refractivity contribution in [3.63, 3.8) is 0 Å². The van der Waals surface area contributed by atoms with E-state index >= 15 is 0 Å². The third kappa shape index (κ3) is 2.30. The first kappa shape index (κ1) is 12.8. The summed E-state index contributed by atoms with van der Waals surface area (Å²) >= 11 is 0. The molecule has 20 heavy (non-hydrogen) atoms. The average Bonchev–Trinajstić information content (AvgIpc) is 3.16. The van der Waals surface area contributed by atoms with Crippen LogP contribution in [0.2, 0.25) is 0 Å². The van der Waals surface area contributed by atoms with Gasteiger partial charge in [-0.1, -0.05) is 5.16 Å². The molecule has 3 heterocycles. The molecule has 2 aromatic heterocycles. The van der Waals surface area contributed by atoms with E-state index in [9.17, 15) is 4.79 Å². The Morgan fingerprint density at radius 2 is 2.45 bits per heavy atom. The fourth-order valence-electron chi connectivity index (χ4n) is 2.52. The Bertz CT molecular complexity index is 596. The molecule has 1 unspecified atom stereocenters. The molecule has 6 nitrogen and oxygen atoms in total. The summed E-state index contributed by atoms with van der Waals surface area (Å²) in [6, 6.07) is 5.44. The summed E-state index contributed by atoms with van der Waals surface area (Å²) in [4.78, 5) is 18.2. The van der Waals surface area contributed by atoms with Gasteiger partial charge in [0.2, 0.25) is 0 Å². The fraction of sp³-hybridized carbons (Fsp3) is 0.357. The summed E-state index contributed by atoms with van der Waals surface area (Å²) in [5.74, 6) is 0.432. The molecule has 104 valence electrons. The van der Waals surface area contributed by atoms with Crippen LogP contribution in [-0.2, 0) is 0 Å². The Morgan fingerprint density at radius 1 is 1.55 bits per heavy atom. The predicted octanol–water partition coefficient (Wildman–Crippen LogP) is 1.30. The van der Waals surface area contributed by atoms with Crippen LogP contribution in [0.5, 0.6) is 0 Å². The molecule has 3 rings (SSSR count). The van der Waals surface area contributed by atoms with E-state index in [0.29, 0.717) is 18.0 Å². The zero-order chi connectivity index (χ0) is 13.9. The molecule has 0 aromatic carbocycles. The van der Waals surface area contributed by atoms with Gasteiger partial charge in [-0.25, -0.2) is 0 Å². The highest BCUT2D eigenvalue weighted by molar-refractivity contribution is 5.93. The second kappa shape index (κ2) is 5.42. The van der Waals surface area contributed by atoms with E-state index in [-0.39, 0.29) is 11.9 Å². The van der Waals surface area contributed by atoms with Gasteiger partial charge in [-0.15, -0.1) is 0 Å². The van der Waals surface area contributed by atoms with Crippen molar-refractivity contribution in [2.45, 2.75) is 18.9 Å². The van der Waals surface area contributed by atoms with Crippen molar-refractivity contribution in [3.8, 4) is 11.3 Å². The van der Waals surface area contributed by atoms with Crippen molar-refractivity contribution in [2.24, 2.45) is 5.73 Å². The van der Waals surface area contributed by atoms with E-state index in [4.69, 9.17) is 10.3 Å². The largest absolute Gasteiger partial charge is 0.355 e. The van der Waals surface area contributed by atoms with Gasteiger partial charge in [-0.05, 0) is 25.0 Å². The number of aromatic nitrogens is 2. The Kier molecular flexibility index (Phi) is 3.47. The maximum absolute atomic E-state index is 12.4. The normalized spacial score (nSPS) is 18.4. The molecule has 0 radical (unpaired) electrons. The highest BCUT2D eigenvalue weighted by Crippen LogP contribution is 2.22. The molecule has 2 N–H and O–H groups in total. The average molecular weight is 272 g/mol. The van der Waals surface area contributed by atoms with Gasteiger partial charge in [0, 0.05) is 43.2 Å². The van der Waals surface area contributed by atoms with Crippen molar-refractivity contribution in [3.05, 3.63) is 36.3 Å². The Hall–Kier alpha value is -2.21. The molecule has 2 aromatic rings. The lowest BCUT2D eigenvalue weighted by Crippen LogP contribution is -2.40. The van der Waals surface area contributed by atoms with Crippen LogP contribution in [0.1, 0.15) is 23.3 Å². The molecule has 0 saturated carbocycles. The lowest BCUT2D eigenvalue weighted by Gasteiger charge is -2.21. The third-order valence-corrected chi connectivity index (χ3v) is 3.59. The molecule has 1 fully saturated rings. The number of amides is 1. The van der Waals surface area contributed by atoms with Gasteiger partial charge in [0.15, 0.2) is 11.5 Å². The monoisotopic (exact) mass is 272 g/mol. The SMILES string of the molecule is NCC1CCCN1C(=O)c1cc(-c2cccnc2)on1. The van der Waals surface area contributed by atoms with E-state index in [1.165, 1.54) is 0 Å². The van der Waals surface area contributed by atoms with Crippen LogP contribution in [0.15, 0.2) is 35.1 Å². The van der Waals surface area contributed by atoms with Crippen molar-refractivity contribution < 1.29 is 9.32 Å². The van der Waals surface area contributed by atoms with Crippen molar-refractivity contribution >= 4 is 5.91 Å². The third-order valence-electron chi connectivity index (χ3n) is 3.59. The smallest absolute Gasteiger partial charge is 0.276 e. The first-order valence-corrected chi connectivity index (χ1v) is 6.67. The summed E-state index contributed by atoms with van der Waals surface area (Å²) < 4.78 is 5.23. The fourth-order valence-corrected chi connectivity index (χ4v) is 2.52. The topological polar surface area (TPSA) is 85.2 Å². The number of nitrogens with two attached hydrogens (primary N) is 1. The van der Waals surface area contributed by atoms with Crippen LogP contribution >= 0.6 is 0 Å². The number of pyridine rings is 1. The van der Waals surface area contributed by atoms with Gasteiger partial charge in [-0.2, -0.15) is 0 Å². The molecule has 0 spiro atoms.